The number of rotatable bonds is 3. The summed E-state index contributed by atoms with van der Waals surface area (Å²) in [5.74, 6) is 0.952. The molecule has 0 spiro atoms. The van der Waals surface area contributed by atoms with Crippen LogP contribution in [0, 0.1) is 6.92 Å². The molecule has 1 fully saturated rings. The zero-order valence-corrected chi connectivity index (χ0v) is 13.7. The third kappa shape index (κ3) is 2.45. The molecular weight excluding hydrogens is 248 g/mol. The molecule has 0 aromatic heterocycles. The van der Waals surface area contributed by atoms with Gasteiger partial charge in [0.15, 0.2) is 0 Å². The van der Waals surface area contributed by atoms with Crippen molar-refractivity contribution < 1.29 is 4.74 Å². The second kappa shape index (κ2) is 5.74. The summed E-state index contributed by atoms with van der Waals surface area (Å²) < 4.78 is 5.43. The third-order valence-corrected chi connectivity index (χ3v) is 5.22. The van der Waals surface area contributed by atoms with Crippen molar-refractivity contribution in [2.75, 3.05) is 27.7 Å². The number of benzene rings is 1. The van der Waals surface area contributed by atoms with Gasteiger partial charge in [0.2, 0.25) is 0 Å². The zero-order valence-electron chi connectivity index (χ0n) is 13.7. The number of likely N-dealkylation sites (tertiary alicyclic amines) is 1. The molecule has 1 saturated heterocycles. The van der Waals surface area contributed by atoms with Gasteiger partial charge in [-0.2, -0.15) is 0 Å². The van der Waals surface area contributed by atoms with Gasteiger partial charge in [-0.05, 0) is 64.2 Å². The lowest BCUT2D eigenvalue weighted by Gasteiger charge is -2.50. The number of methoxy groups -OCH3 is 1. The Morgan fingerprint density at radius 3 is 2.70 bits per heavy atom. The minimum atomic E-state index is 0.138. The SMILES string of the molecule is CN[C@@H]1C(C)N(C)CC[C@]1(C)c1cc(OC)ccc1C. The fourth-order valence-corrected chi connectivity index (χ4v) is 3.76. The quantitative estimate of drug-likeness (QED) is 0.918. The highest BCUT2D eigenvalue weighted by atomic mass is 16.5. The van der Waals surface area contributed by atoms with Gasteiger partial charge in [-0.3, -0.25) is 0 Å². The first kappa shape index (κ1) is 15.3. The second-order valence-electron chi connectivity index (χ2n) is 6.34. The smallest absolute Gasteiger partial charge is 0.119 e. The summed E-state index contributed by atoms with van der Waals surface area (Å²) in [6.07, 6.45) is 1.16. The predicted molar refractivity (Wildman–Crippen MR) is 84.6 cm³/mol. The highest BCUT2D eigenvalue weighted by Crippen LogP contribution is 2.40. The van der Waals surface area contributed by atoms with Gasteiger partial charge in [0.1, 0.15) is 5.75 Å². The molecule has 0 saturated carbocycles. The molecule has 1 aromatic carbocycles. The first-order valence-corrected chi connectivity index (χ1v) is 7.46. The van der Waals surface area contributed by atoms with Crippen LogP contribution < -0.4 is 10.1 Å². The van der Waals surface area contributed by atoms with Gasteiger partial charge in [-0.15, -0.1) is 0 Å². The van der Waals surface area contributed by atoms with Crippen LogP contribution in [0.1, 0.15) is 31.4 Å². The highest BCUT2D eigenvalue weighted by molar-refractivity contribution is 5.41. The summed E-state index contributed by atoms with van der Waals surface area (Å²) >= 11 is 0. The van der Waals surface area contributed by atoms with Crippen LogP contribution in [0.2, 0.25) is 0 Å². The van der Waals surface area contributed by atoms with E-state index in [2.05, 4.69) is 63.3 Å². The lowest BCUT2D eigenvalue weighted by molar-refractivity contribution is 0.0930. The van der Waals surface area contributed by atoms with E-state index in [1.807, 2.05) is 0 Å². The topological polar surface area (TPSA) is 24.5 Å². The van der Waals surface area contributed by atoms with Crippen LogP contribution in [-0.4, -0.2) is 44.7 Å². The fraction of sp³-hybridized carbons (Fsp3) is 0.647. The molecule has 3 nitrogen and oxygen atoms in total. The van der Waals surface area contributed by atoms with Crippen molar-refractivity contribution >= 4 is 0 Å². The minimum Gasteiger partial charge on any atom is -0.497 e. The van der Waals surface area contributed by atoms with E-state index in [1.165, 1.54) is 11.1 Å². The van der Waals surface area contributed by atoms with Crippen LogP contribution in [0.5, 0.6) is 5.75 Å². The van der Waals surface area contributed by atoms with Gasteiger partial charge in [0.05, 0.1) is 7.11 Å². The molecule has 3 atom stereocenters. The van der Waals surface area contributed by atoms with E-state index in [0.717, 1.165) is 18.7 Å². The average molecular weight is 276 g/mol. The lowest BCUT2D eigenvalue weighted by Crippen LogP contribution is -2.61. The van der Waals surface area contributed by atoms with Gasteiger partial charge in [0, 0.05) is 17.5 Å². The summed E-state index contributed by atoms with van der Waals surface area (Å²) in [6.45, 7) is 8.04. The molecule has 3 heteroatoms. The summed E-state index contributed by atoms with van der Waals surface area (Å²) in [4.78, 5) is 2.44. The molecule has 112 valence electrons. The number of piperidine rings is 1. The molecule has 0 bridgehead atoms. The van der Waals surface area contributed by atoms with Crippen molar-refractivity contribution in [3.63, 3.8) is 0 Å². The molecule has 20 heavy (non-hydrogen) atoms. The molecule has 0 aliphatic carbocycles. The van der Waals surface area contributed by atoms with Crippen LogP contribution in [0.15, 0.2) is 18.2 Å². The van der Waals surface area contributed by atoms with Crippen LogP contribution in [0.3, 0.4) is 0 Å². The molecule has 1 aliphatic heterocycles. The maximum atomic E-state index is 5.43. The summed E-state index contributed by atoms with van der Waals surface area (Å²) in [7, 11) is 6.03. The van der Waals surface area contributed by atoms with Gasteiger partial charge >= 0.3 is 0 Å². The van der Waals surface area contributed by atoms with Crippen molar-refractivity contribution in [1.82, 2.24) is 10.2 Å². The summed E-state index contributed by atoms with van der Waals surface area (Å²) in [6, 6.07) is 7.40. The maximum absolute atomic E-state index is 5.43. The van der Waals surface area contributed by atoms with E-state index in [0.29, 0.717) is 12.1 Å². The minimum absolute atomic E-state index is 0.138. The molecule has 1 aromatic rings. The molecule has 1 unspecified atom stereocenters. The maximum Gasteiger partial charge on any atom is 0.119 e. The third-order valence-electron chi connectivity index (χ3n) is 5.22. The fourth-order valence-electron chi connectivity index (χ4n) is 3.76. The molecular formula is C17H28N2O. The first-order chi connectivity index (χ1) is 9.43. The van der Waals surface area contributed by atoms with Crippen molar-refractivity contribution in [3.8, 4) is 5.75 Å². The number of nitrogens with one attached hydrogen (secondary N) is 1. The van der Waals surface area contributed by atoms with Crippen molar-refractivity contribution in [2.45, 2.75) is 44.7 Å². The van der Waals surface area contributed by atoms with Crippen molar-refractivity contribution in [1.29, 1.82) is 0 Å². The van der Waals surface area contributed by atoms with Gasteiger partial charge in [-0.1, -0.05) is 13.0 Å². The number of nitrogens with zero attached hydrogens (tertiary/aromatic N) is 1. The second-order valence-corrected chi connectivity index (χ2v) is 6.34. The van der Waals surface area contributed by atoms with Crippen LogP contribution in [0.25, 0.3) is 0 Å². The van der Waals surface area contributed by atoms with Crippen LogP contribution in [0.4, 0.5) is 0 Å². The molecule has 1 aliphatic rings. The van der Waals surface area contributed by atoms with E-state index < -0.39 is 0 Å². The molecule has 1 N–H and O–H groups in total. The van der Waals surface area contributed by atoms with E-state index in [-0.39, 0.29) is 5.41 Å². The van der Waals surface area contributed by atoms with Gasteiger partial charge in [0.25, 0.3) is 0 Å². The largest absolute Gasteiger partial charge is 0.497 e. The number of likely N-dealkylation sites (N-methyl/N-ethyl adjacent to an activating group) is 2. The first-order valence-electron chi connectivity index (χ1n) is 7.46. The standard InChI is InChI=1S/C17H28N2O/c1-12-7-8-14(20-6)11-15(12)17(3)9-10-19(5)13(2)16(17)18-4/h7-8,11,13,16,18H,9-10H2,1-6H3/t13?,16-,17-/m1/s1. The predicted octanol–water partition coefficient (Wildman–Crippen LogP) is 2.57. The van der Waals surface area contributed by atoms with Gasteiger partial charge in [-0.25, -0.2) is 0 Å². The number of ether oxygens (including phenoxy) is 1. The molecule has 0 amide bonds. The van der Waals surface area contributed by atoms with Crippen molar-refractivity contribution in [3.05, 3.63) is 29.3 Å². The Bertz CT molecular complexity index is 474. The Labute approximate surface area is 123 Å². The Morgan fingerprint density at radius 2 is 2.10 bits per heavy atom. The van der Waals surface area contributed by atoms with Gasteiger partial charge < -0.3 is 15.0 Å². The molecule has 1 heterocycles. The van der Waals surface area contributed by atoms with Crippen LogP contribution in [-0.2, 0) is 5.41 Å². The number of aryl methyl sites for hydroxylation is 1. The van der Waals surface area contributed by atoms with E-state index in [9.17, 15) is 0 Å². The summed E-state index contributed by atoms with van der Waals surface area (Å²) in [5, 5.41) is 3.56. The van der Waals surface area contributed by atoms with E-state index in [1.54, 1.807) is 7.11 Å². The Balaban J connectivity index is 2.47. The van der Waals surface area contributed by atoms with E-state index >= 15 is 0 Å². The number of hydrogen-bond acceptors (Lipinski definition) is 3. The Kier molecular flexibility index (Phi) is 4.40. The highest BCUT2D eigenvalue weighted by Gasteiger charge is 2.43. The average Bonchev–Trinajstić information content (AvgIpc) is 2.44. The van der Waals surface area contributed by atoms with Crippen LogP contribution >= 0.6 is 0 Å². The lowest BCUT2D eigenvalue weighted by atomic mass is 9.67. The number of hydrogen-bond donors (Lipinski definition) is 1. The molecule has 0 radical (unpaired) electrons. The monoisotopic (exact) mass is 276 g/mol. The Morgan fingerprint density at radius 1 is 1.40 bits per heavy atom. The van der Waals surface area contributed by atoms with E-state index in [4.69, 9.17) is 4.74 Å². The summed E-state index contributed by atoms with van der Waals surface area (Å²) in [5.41, 5.74) is 2.90. The van der Waals surface area contributed by atoms with Crippen molar-refractivity contribution in [2.24, 2.45) is 0 Å². The normalized spacial score (nSPS) is 31.3. The zero-order chi connectivity index (χ0) is 14.9. The Hall–Kier alpha value is -1.06. The molecule has 2 rings (SSSR count).